The highest BCUT2D eigenvalue weighted by molar-refractivity contribution is 5.87. The topological polar surface area (TPSA) is 69.1 Å². The van der Waals surface area contributed by atoms with E-state index in [2.05, 4.69) is 0 Å². The average molecular weight is 274 g/mol. The first kappa shape index (κ1) is 14.5. The molecule has 0 aromatic heterocycles. The molecule has 2 aromatic rings. The van der Waals surface area contributed by atoms with Gasteiger partial charge in [0.1, 0.15) is 5.82 Å². The molecule has 0 spiro atoms. The normalized spacial score (nSPS) is 13.4. The number of benzene rings is 2. The molecule has 1 atom stereocenters. The van der Waals surface area contributed by atoms with E-state index in [1.807, 2.05) is 12.1 Å². The summed E-state index contributed by atoms with van der Waals surface area (Å²) in [5.74, 6) is -0.662. The first-order valence-electron chi connectivity index (χ1n) is 6.55. The van der Waals surface area contributed by atoms with Crippen molar-refractivity contribution in [3.05, 3.63) is 47.8 Å². The quantitative estimate of drug-likeness (QED) is 0.900. The van der Waals surface area contributed by atoms with E-state index in [1.165, 1.54) is 6.07 Å². The number of rotatable bonds is 4. The summed E-state index contributed by atoms with van der Waals surface area (Å²) in [7, 11) is 0. The third-order valence-corrected chi connectivity index (χ3v) is 3.70. The molecule has 0 aliphatic heterocycles. The van der Waals surface area contributed by atoms with Crippen LogP contribution in [0.2, 0.25) is 0 Å². The number of halogens is 1. The Bertz CT molecular complexity index is 652. The molecule has 4 N–H and O–H groups in total. The molecule has 0 fully saturated rings. The van der Waals surface area contributed by atoms with E-state index in [-0.39, 0.29) is 17.8 Å². The molecular formula is C16H19FN2O. The predicted molar refractivity (Wildman–Crippen MR) is 78.4 cm³/mol. The maximum Gasteiger partial charge on any atom is 0.223 e. The Morgan fingerprint density at radius 3 is 2.40 bits per heavy atom. The Labute approximate surface area is 117 Å². The SMILES string of the molecule is CC(C)(CC(N)c1ccc(F)c2ccccc12)C(N)=O. The van der Waals surface area contributed by atoms with Crippen LogP contribution in [0.5, 0.6) is 0 Å². The molecule has 20 heavy (non-hydrogen) atoms. The number of nitrogens with two attached hydrogens (primary N) is 2. The van der Waals surface area contributed by atoms with Crippen molar-refractivity contribution in [1.29, 1.82) is 0 Å². The van der Waals surface area contributed by atoms with Crippen LogP contribution in [0.4, 0.5) is 4.39 Å². The monoisotopic (exact) mass is 274 g/mol. The third-order valence-electron chi connectivity index (χ3n) is 3.70. The molecule has 0 bridgehead atoms. The highest BCUT2D eigenvalue weighted by Crippen LogP contribution is 2.32. The molecule has 1 unspecified atom stereocenters. The molecule has 0 aliphatic rings. The van der Waals surface area contributed by atoms with Gasteiger partial charge in [-0.2, -0.15) is 0 Å². The molecule has 106 valence electrons. The average Bonchev–Trinajstić information content (AvgIpc) is 2.38. The number of hydrogen-bond acceptors (Lipinski definition) is 2. The van der Waals surface area contributed by atoms with E-state index in [1.54, 1.807) is 32.0 Å². The van der Waals surface area contributed by atoms with E-state index in [0.717, 1.165) is 10.9 Å². The largest absolute Gasteiger partial charge is 0.369 e. The van der Waals surface area contributed by atoms with Crippen molar-refractivity contribution in [3.63, 3.8) is 0 Å². The maximum atomic E-state index is 13.8. The van der Waals surface area contributed by atoms with Gasteiger partial charge >= 0.3 is 0 Å². The lowest BCUT2D eigenvalue weighted by Gasteiger charge is -2.25. The van der Waals surface area contributed by atoms with Crippen LogP contribution in [0.25, 0.3) is 10.8 Å². The van der Waals surface area contributed by atoms with Crippen LogP contribution >= 0.6 is 0 Å². The lowest BCUT2D eigenvalue weighted by molar-refractivity contribution is -0.126. The van der Waals surface area contributed by atoms with Gasteiger partial charge in [-0.05, 0) is 23.4 Å². The Morgan fingerprint density at radius 2 is 1.80 bits per heavy atom. The fourth-order valence-electron chi connectivity index (χ4n) is 2.37. The second kappa shape index (κ2) is 5.21. The number of fused-ring (bicyclic) bond motifs is 1. The first-order valence-corrected chi connectivity index (χ1v) is 6.55. The van der Waals surface area contributed by atoms with Gasteiger partial charge in [-0.15, -0.1) is 0 Å². The third kappa shape index (κ3) is 2.65. The minimum absolute atomic E-state index is 0.272. The second-order valence-electron chi connectivity index (χ2n) is 5.74. The molecule has 3 nitrogen and oxygen atoms in total. The van der Waals surface area contributed by atoms with E-state index < -0.39 is 5.41 Å². The molecule has 0 saturated carbocycles. The van der Waals surface area contributed by atoms with Crippen LogP contribution in [0.1, 0.15) is 31.9 Å². The van der Waals surface area contributed by atoms with Crippen molar-refractivity contribution in [2.24, 2.45) is 16.9 Å². The zero-order valence-corrected chi connectivity index (χ0v) is 11.7. The Hall–Kier alpha value is -1.94. The van der Waals surface area contributed by atoms with E-state index in [9.17, 15) is 9.18 Å². The highest BCUT2D eigenvalue weighted by Gasteiger charge is 2.28. The van der Waals surface area contributed by atoms with Crippen molar-refractivity contribution in [2.45, 2.75) is 26.3 Å². The molecule has 4 heteroatoms. The first-order chi connectivity index (χ1) is 9.33. The van der Waals surface area contributed by atoms with Crippen LogP contribution < -0.4 is 11.5 Å². The summed E-state index contributed by atoms with van der Waals surface area (Å²) in [6.45, 7) is 3.53. The van der Waals surface area contributed by atoms with Gasteiger partial charge < -0.3 is 11.5 Å². The van der Waals surface area contributed by atoms with Gasteiger partial charge in [0, 0.05) is 16.8 Å². The number of amides is 1. The molecule has 2 aromatic carbocycles. The van der Waals surface area contributed by atoms with Crippen molar-refractivity contribution in [3.8, 4) is 0 Å². The number of primary amides is 1. The minimum atomic E-state index is -0.699. The number of carbonyl (C=O) groups is 1. The molecule has 2 rings (SSSR count). The lowest BCUT2D eigenvalue weighted by atomic mass is 9.82. The van der Waals surface area contributed by atoms with Gasteiger partial charge in [-0.1, -0.05) is 44.2 Å². The molecule has 0 heterocycles. The molecule has 0 saturated heterocycles. The highest BCUT2D eigenvalue weighted by atomic mass is 19.1. The second-order valence-corrected chi connectivity index (χ2v) is 5.74. The van der Waals surface area contributed by atoms with Crippen molar-refractivity contribution < 1.29 is 9.18 Å². The predicted octanol–water partition coefficient (Wildman–Crippen LogP) is 2.88. The summed E-state index contributed by atoms with van der Waals surface area (Å²) in [6, 6.07) is 9.91. The summed E-state index contributed by atoms with van der Waals surface area (Å²) < 4.78 is 13.8. The summed E-state index contributed by atoms with van der Waals surface area (Å²) >= 11 is 0. The minimum Gasteiger partial charge on any atom is -0.369 e. The summed E-state index contributed by atoms with van der Waals surface area (Å²) in [5.41, 5.74) is 11.7. The summed E-state index contributed by atoms with van der Waals surface area (Å²) in [4.78, 5) is 11.4. The smallest absolute Gasteiger partial charge is 0.223 e. The van der Waals surface area contributed by atoms with Crippen molar-refractivity contribution in [2.75, 3.05) is 0 Å². The van der Waals surface area contributed by atoms with Crippen LogP contribution in [0.15, 0.2) is 36.4 Å². The van der Waals surface area contributed by atoms with E-state index >= 15 is 0 Å². The van der Waals surface area contributed by atoms with Gasteiger partial charge in [-0.25, -0.2) is 4.39 Å². The number of carbonyl (C=O) groups excluding carboxylic acids is 1. The van der Waals surface area contributed by atoms with Crippen LogP contribution in [-0.4, -0.2) is 5.91 Å². The van der Waals surface area contributed by atoms with Crippen LogP contribution in [0, 0.1) is 11.2 Å². The Kier molecular flexibility index (Phi) is 3.77. The fourth-order valence-corrected chi connectivity index (χ4v) is 2.37. The van der Waals surface area contributed by atoms with Crippen LogP contribution in [0.3, 0.4) is 0 Å². The maximum absolute atomic E-state index is 13.8. The van der Waals surface area contributed by atoms with E-state index in [0.29, 0.717) is 11.8 Å². The van der Waals surface area contributed by atoms with Crippen molar-refractivity contribution >= 4 is 16.7 Å². The number of hydrogen-bond donors (Lipinski definition) is 2. The Morgan fingerprint density at radius 1 is 1.20 bits per heavy atom. The van der Waals surface area contributed by atoms with Gasteiger partial charge in [-0.3, -0.25) is 4.79 Å². The fraction of sp³-hybridized carbons (Fsp3) is 0.312. The molecule has 1 amide bonds. The van der Waals surface area contributed by atoms with Gasteiger partial charge in [0.25, 0.3) is 0 Å². The van der Waals surface area contributed by atoms with E-state index in [4.69, 9.17) is 11.5 Å². The molecule has 0 radical (unpaired) electrons. The van der Waals surface area contributed by atoms with Crippen LogP contribution in [-0.2, 0) is 4.79 Å². The molecule has 0 aliphatic carbocycles. The molecular weight excluding hydrogens is 255 g/mol. The zero-order chi connectivity index (χ0) is 14.9. The van der Waals surface area contributed by atoms with Gasteiger partial charge in [0.05, 0.1) is 0 Å². The Balaban J connectivity index is 2.43. The summed E-state index contributed by atoms with van der Waals surface area (Å²) in [5, 5.41) is 1.32. The lowest BCUT2D eigenvalue weighted by Crippen LogP contribution is -2.34. The van der Waals surface area contributed by atoms with Crippen molar-refractivity contribution in [1.82, 2.24) is 0 Å². The summed E-state index contributed by atoms with van der Waals surface area (Å²) in [6.07, 6.45) is 0.415. The standard InChI is InChI=1S/C16H19FN2O/c1-16(2,15(19)20)9-14(18)12-7-8-13(17)11-6-4-3-5-10(11)12/h3-8,14H,9,18H2,1-2H3,(H2,19,20). The van der Waals surface area contributed by atoms with Gasteiger partial charge in [0.2, 0.25) is 5.91 Å². The zero-order valence-electron chi connectivity index (χ0n) is 11.7. The van der Waals surface area contributed by atoms with Gasteiger partial charge in [0.15, 0.2) is 0 Å².